The van der Waals surface area contributed by atoms with E-state index in [4.69, 9.17) is 15.2 Å². The largest absolute Gasteiger partial charge is 0.459 e. The third-order valence-electron chi connectivity index (χ3n) is 2.68. The fraction of sp³-hybridized carbons (Fsp3) is 0.417. The standard InChI is InChI=1S/C12H14BrNO3/c13-8-1-2-10(11(14)7-8)12(15)17-9-3-5-16-6-4-9/h1-2,7,9H,3-6,14H2. The molecule has 1 aromatic rings. The van der Waals surface area contributed by atoms with Gasteiger partial charge in [0.15, 0.2) is 0 Å². The molecule has 0 aromatic heterocycles. The van der Waals surface area contributed by atoms with E-state index in [1.54, 1.807) is 18.2 Å². The Morgan fingerprint density at radius 3 is 2.76 bits per heavy atom. The summed E-state index contributed by atoms with van der Waals surface area (Å²) in [5.74, 6) is -0.359. The molecule has 0 atom stereocenters. The van der Waals surface area contributed by atoms with Crippen LogP contribution in [-0.4, -0.2) is 25.3 Å². The summed E-state index contributed by atoms with van der Waals surface area (Å²) in [5.41, 5.74) is 6.62. The van der Waals surface area contributed by atoms with Gasteiger partial charge in [-0.2, -0.15) is 0 Å². The lowest BCUT2D eigenvalue weighted by Crippen LogP contribution is -2.26. The molecule has 17 heavy (non-hydrogen) atoms. The highest BCUT2D eigenvalue weighted by Crippen LogP contribution is 2.21. The number of ether oxygens (including phenoxy) is 2. The van der Waals surface area contributed by atoms with Gasteiger partial charge >= 0.3 is 5.97 Å². The Balaban J connectivity index is 2.03. The Morgan fingerprint density at radius 1 is 1.41 bits per heavy atom. The predicted octanol–water partition coefficient (Wildman–Crippen LogP) is 2.37. The van der Waals surface area contributed by atoms with Gasteiger partial charge in [0.1, 0.15) is 6.10 Å². The summed E-state index contributed by atoms with van der Waals surface area (Å²) in [6.07, 6.45) is 1.45. The summed E-state index contributed by atoms with van der Waals surface area (Å²) in [6.45, 7) is 1.29. The van der Waals surface area contributed by atoms with Crippen molar-refractivity contribution in [3.8, 4) is 0 Å². The van der Waals surface area contributed by atoms with E-state index in [0.29, 0.717) is 24.5 Å². The normalized spacial score (nSPS) is 16.8. The number of carbonyl (C=O) groups excluding carboxylic acids is 1. The van der Waals surface area contributed by atoms with Gasteiger partial charge in [0.05, 0.1) is 18.8 Å². The van der Waals surface area contributed by atoms with Crippen molar-refractivity contribution in [3.05, 3.63) is 28.2 Å². The molecule has 0 aliphatic carbocycles. The van der Waals surface area contributed by atoms with E-state index >= 15 is 0 Å². The van der Waals surface area contributed by atoms with Gasteiger partial charge in [-0.25, -0.2) is 4.79 Å². The van der Waals surface area contributed by atoms with Gasteiger partial charge in [-0.05, 0) is 18.2 Å². The summed E-state index contributed by atoms with van der Waals surface area (Å²) >= 11 is 3.30. The van der Waals surface area contributed by atoms with Crippen LogP contribution in [0, 0.1) is 0 Å². The highest BCUT2D eigenvalue weighted by atomic mass is 79.9. The smallest absolute Gasteiger partial charge is 0.340 e. The van der Waals surface area contributed by atoms with Crippen molar-refractivity contribution in [1.29, 1.82) is 0 Å². The van der Waals surface area contributed by atoms with Crippen LogP contribution in [0.25, 0.3) is 0 Å². The molecule has 0 saturated carbocycles. The van der Waals surface area contributed by atoms with Gasteiger partial charge in [-0.15, -0.1) is 0 Å². The maximum Gasteiger partial charge on any atom is 0.340 e. The number of benzene rings is 1. The number of nitrogens with two attached hydrogens (primary N) is 1. The number of hydrogen-bond acceptors (Lipinski definition) is 4. The molecule has 1 heterocycles. The quantitative estimate of drug-likeness (QED) is 0.673. The molecule has 2 N–H and O–H groups in total. The molecule has 5 heteroatoms. The first kappa shape index (κ1) is 12.4. The summed E-state index contributed by atoms with van der Waals surface area (Å²) in [4.78, 5) is 11.9. The summed E-state index contributed by atoms with van der Waals surface area (Å²) in [5, 5.41) is 0. The maximum atomic E-state index is 11.9. The monoisotopic (exact) mass is 299 g/mol. The van der Waals surface area contributed by atoms with Crippen LogP contribution in [0.2, 0.25) is 0 Å². The van der Waals surface area contributed by atoms with Crippen molar-refractivity contribution < 1.29 is 14.3 Å². The topological polar surface area (TPSA) is 61.6 Å². The number of hydrogen-bond donors (Lipinski definition) is 1. The lowest BCUT2D eigenvalue weighted by atomic mass is 10.1. The van der Waals surface area contributed by atoms with Crippen LogP contribution in [0.5, 0.6) is 0 Å². The number of nitrogen functional groups attached to an aromatic ring is 1. The number of esters is 1. The Morgan fingerprint density at radius 2 is 2.12 bits per heavy atom. The summed E-state index contributed by atoms with van der Waals surface area (Å²) < 4.78 is 11.4. The van der Waals surface area contributed by atoms with Gasteiger partial charge < -0.3 is 15.2 Å². The summed E-state index contributed by atoms with van der Waals surface area (Å²) in [7, 11) is 0. The molecule has 0 bridgehead atoms. The van der Waals surface area contributed by atoms with Gasteiger partial charge in [-0.3, -0.25) is 0 Å². The molecule has 1 aliphatic rings. The number of anilines is 1. The van der Waals surface area contributed by atoms with Crippen LogP contribution < -0.4 is 5.73 Å². The second-order valence-corrected chi connectivity index (χ2v) is 4.86. The van der Waals surface area contributed by atoms with Crippen molar-refractivity contribution >= 4 is 27.6 Å². The molecule has 1 fully saturated rings. The average molecular weight is 300 g/mol. The van der Waals surface area contributed by atoms with Crippen LogP contribution >= 0.6 is 15.9 Å². The van der Waals surface area contributed by atoms with Gasteiger partial charge in [0.25, 0.3) is 0 Å². The van der Waals surface area contributed by atoms with Gasteiger partial charge in [-0.1, -0.05) is 15.9 Å². The molecule has 4 nitrogen and oxygen atoms in total. The average Bonchev–Trinajstić information content (AvgIpc) is 2.30. The number of rotatable bonds is 2. The first-order valence-electron chi connectivity index (χ1n) is 5.50. The predicted molar refractivity (Wildman–Crippen MR) is 67.8 cm³/mol. The van der Waals surface area contributed by atoms with E-state index in [2.05, 4.69) is 15.9 Å². The van der Waals surface area contributed by atoms with Gasteiger partial charge in [0, 0.05) is 23.0 Å². The molecular formula is C12H14BrNO3. The fourth-order valence-electron chi connectivity index (χ4n) is 1.73. The Bertz CT molecular complexity index is 416. The lowest BCUT2D eigenvalue weighted by molar-refractivity contribution is -0.0158. The first-order valence-corrected chi connectivity index (χ1v) is 6.30. The van der Waals surface area contributed by atoms with Gasteiger partial charge in [0.2, 0.25) is 0 Å². The van der Waals surface area contributed by atoms with Crippen molar-refractivity contribution in [2.75, 3.05) is 18.9 Å². The zero-order valence-corrected chi connectivity index (χ0v) is 10.9. The Labute approximate surface area is 108 Å². The Hall–Kier alpha value is -1.07. The van der Waals surface area contributed by atoms with E-state index in [9.17, 15) is 4.79 Å². The lowest BCUT2D eigenvalue weighted by Gasteiger charge is -2.22. The van der Waals surface area contributed by atoms with E-state index in [1.165, 1.54) is 0 Å². The molecule has 1 saturated heterocycles. The molecule has 92 valence electrons. The number of carbonyl (C=O) groups is 1. The van der Waals surface area contributed by atoms with Crippen LogP contribution in [0.15, 0.2) is 22.7 Å². The van der Waals surface area contributed by atoms with Crippen LogP contribution in [0.1, 0.15) is 23.2 Å². The van der Waals surface area contributed by atoms with Crippen molar-refractivity contribution in [1.82, 2.24) is 0 Å². The molecule has 2 rings (SSSR count). The molecule has 1 aromatic carbocycles. The molecule has 0 spiro atoms. The highest BCUT2D eigenvalue weighted by Gasteiger charge is 2.20. The van der Waals surface area contributed by atoms with Crippen LogP contribution in [0.4, 0.5) is 5.69 Å². The maximum absolute atomic E-state index is 11.9. The van der Waals surface area contributed by atoms with E-state index in [1.807, 2.05) is 0 Å². The highest BCUT2D eigenvalue weighted by molar-refractivity contribution is 9.10. The van der Waals surface area contributed by atoms with E-state index < -0.39 is 0 Å². The second kappa shape index (κ2) is 5.51. The third-order valence-corrected chi connectivity index (χ3v) is 3.17. The first-order chi connectivity index (χ1) is 8.16. The van der Waals surface area contributed by atoms with Crippen molar-refractivity contribution in [2.24, 2.45) is 0 Å². The molecule has 0 amide bonds. The third kappa shape index (κ3) is 3.20. The van der Waals surface area contributed by atoms with Crippen molar-refractivity contribution in [3.63, 3.8) is 0 Å². The molecule has 1 aliphatic heterocycles. The zero-order valence-electron chi connectivity index (χ0n) is 9.32. The molecule has 0 radical (unpaired) electrons. The zero-order chi connectivity index (χ0) is 12.3. The number of halogens is 1. The molecule has 0 unspecified atom stereocenters. The van der Waals surface area contributed by atoms with E-state index in [0.717, 1.165) is 17.3 Å². The Kier molecular flexibility index (Phi) is 4.02. The minimum absolute atomic E-state index is 0.0562. The minimum atomic E-state index is -0.359. The van der Waals surface area contributed by atoms with Crippen LogP contribution in [-0.2, 0) is 9.47 Å². The molecular weight excluding hydrogens is 286 g/mol. The van der Waals surface area contributed by atoms with E-state index in [-0.39, 0.29) is 12.1 Å². The minimum Gasteiger partial charge on any atom is -0.459 e. The SMILES string of the molecule is Nc1cc(Br)ccc1C(=O)OC1CCOCC1. The fourth-order valence-corrected chi connectivity index (χ4v) is 2.11. The summed E-state index contributed by atoms with van der Waals surface area (Å²) in [6, 6.07) is 5.14. The van der Waals surface area contributed by atoms with Crippen LogP contribution in [0.3, 0.4) is 0 Å². The second-order valence-electron chi connectivity index (χ2n) is 3.95. The van der Waals surface area contributed by atoms with Crippen molar-refractivity contribution in [2.45, 2.75) is 18.9 Å².